The van der Waals surface area contributed by atoms with Crippen LogP contribution in [-0.2, 0) is 6.18 Å². The predicted octanol–water partition coefficient (Wildman–Crippen LogP) is 4.05. The van der Waals surface area contributed by atoms with Gasteiger partial charge in [0, 0.05) is 29.9 Å². The zero-order valence-corrected chi connectivity index (χ0v) is 12.7. The van der Waals surface area contributed by atoms with Crippen molar-refractivity contribution >= 4 is 16.6 Å². The van der Waals surface area contributed by atoms with E-state index in [0.29, 0.717) is 23.5 Å². The fourth-order valence-electron chi connectivity index (χ4n) is 2.36. The van der Waals surface area contributed by atoms with Crippen molar-refractivity contribution in [1.82, 2.24) is 10.3 Å². The molecule has 0 saturated heterocycles. The van der Waals surface area contributed by atoms with E-state index in [4.69, 9.17) is 0 Å². The van der Waals surface area contributed by atoms with Gasteiger partial charge in [-0.15, -0.1) is 0 Å². The lowest BCUT2D eigenvalue weighted by Crippen LogP contribution is -2.34. The number of rotatable bonds is 6. The first kappa shape index (κ1) is 16.5. The Balaban J connectivity index is 2.24. The molecule has 2 N–H and O–H groups in total. The monoisotopic (exact) mass is 311 g/mol. The summed E-state index contributed by atoms with van der Waals surface area (Å²) in [4.78, 5) is 4.04. The number of halogens is 3. The van der Waals surface area contributed by atoms with Crippen molar-refractivity contribution in [2.24, 2.45) is 0 Å². The second-order valence-electron chi connectivity index (χ2n) is 5.13. The van der Waals surface area contributed by atoms with Crippen LogP contribution >= 0.6 is 0 Å². The molecule has 22 heavy (non-hydrogen) atoms. The molecule has 1 heterocycles. The van der Waals surface area contributed by atoms with E-state index in [1.165, 1.54) is 12.3 Å². The Labute approximate surface area is 127 Å². The highest BCUT2D eigenvalue weighted by molar-refractivity contribution is 5.91. The molecule has 2 rings (SSSR count). The lowest BCUT2D eigenvalue weighted by atomic mass is 10.1. The van der Waals surface area contributed by atoms with Crippen LogP contribution in [0.15, 0.2) is 30.5 Å². The number of hydrogen-bond donors (Lipinski definition) is 2. The predicted molar refractivity (Wildman–Crippen MR) is 83.0 cm³/mol. The molecule has 3 nitrogen and oxygen atoms in total. The fourth-order valence-corrected chi connectivity index (χ4v) is 2.36. The molecular formula is C16H20F3N3. The van der Waals surface area contributed by atoms with E-state index in [2.05, 4.69) is 22.5 Å². The molecule has 0 aliphatic rings. The third kappa shape index (κ3) is 3.88. The second-order valence-corrected chi connectivity index (χ2v) is 5.13. The summed E-state index contributed by atoms with van der Waals surface area (Å²) < 4.78 is 38.2. The molecule has 1 aromatic carbocycles. The maximum absolute atomic E-state index is 12.7. The quantitative estimate of drug-likeness (QED) is 0.845. The first-order valence-electron chi connectivity index (χ1n) is 7.39. The average molecular weight is 311 g/mol. The van der Waals surface area contributed by atoms with Gasteiger partial charge in [0.2, 0.25) is 0 Å². The van der Waals surface area contributed by atoms with Gasteiger partial charge in [-0.2, -0.15) is 13.2 Å². The molecular weight excluding hydrogens is 291 g/mol. The molecule has 0 saturated carbocycles. The lowest BCUT2D eigenvalue weighted by molar-refractivity contribution is -0.137. The Hall–Kier alpha value is -1.82. The number of nitrogens with one attached hydrogen (secondary N) is 2. The van der Waals surface area contributed by atoms with E-state index in [9.17, 15) is 13.2 Å². The number of fused-ring (bicyclic) bond motifs is 1. The van der Waals surface area contributed by atoms with Crippen LogP contribution in [0.5, 0.6) is 0 Å². The number of nitrogens with zero attached hydrogens (tertiary/aromatic N) is 1. The van der Waals surface area contributed by atoms with E-state index >= 15 is 0 Å². The second kappa shape index (κ2) is 6.96. The first-order valence-corrected chi connectivity index (χ1v) is 7.39. The minimum Gasteiger partial charge on any atom is -0.383 e. The van der Waals surface area contributed by atoms with E-state index in [1.807, 2.05) is 6.92 Å². The lowest BCUT2D eigenvalue weighted by Gasteiger charge is -2.18. The summed E-state index contributed by atoms with van der Waals surface area (Å²) in [6.07, 6.45) is -1.85. The van der Waals surface area contributed by atoms with Crippen LogP contribution in [0.1, 0.15) is 25.8 Å². The molecule has 0 aliphatic heterocycles. The first-order chi connectivity index (χ1) is 10.5. The Morgan fingerprint density at radius 2 is 1.95 bits per heavy atom. The molecule has 1 aromatic heterocycles. The summed E-state index contributed by atoms with van der Waals surface area (Å²) in [6.45, 7) is 5.73. The van der Waals surface area contributed by atoms with Crippen molar-refractivity contribution in [2.75, 3.05) is 18.4 Å². The molecule has 0 bridgehead atoms. The molecule has 0 radical (unpaired) electrons. The maximum atomic E-state index is 12.7. The third-order valence-electron chi connectivity index (χ3n) is 3.59. The Kier molecular flexibility index (Phi) is 5.24. The standard InChI is InChI=1S/C16H20F3N3/c1-3-12(20-4-2)10-22-14-7-8-21-15-9-11(16(17,18)19)5-6-13(14)15/h5-9,12,20H,3-4,10H2,1-2H3,(H,21,22). The summed E-state index contributed by atoms with van der Waals surface area (Å²) in [5.41, 5.74) is 0.468. The zero-order chi connectivity index (χ0) is 16.2. The number of benzene rings is 1. The number of hydrogen-bond acceptors (Lipinski definition) is 3. The minimum absolute atomic E-state index is 0.322. The van der Waals surface area contributed by atoms with Crippen LogP contribution in [0.3, 0.4) is 0 Å². The van der Waals surface area contributed by atoms with Crippen LogP contribution in [0.4, 0.5) is 18.9 Å². The number of anilines is 1. The Morgan fingerprint density at radius 3 is 2.59 bits per heavy atom. The largest absolute Gasteiger partial charge is 0.416 e. The number of likely N-dealkylation sites (N-methyl/N-ethyl adjacent to an activating group) is 1. The average Bonchev–Trinajstić information content (AvgIpc) is 2.50. The van der Waals surface area contributed by atoms with Gasteiger partial charge in [0.1, 0.15) is 0 Å². The van der Waals surface area contributed by atoms with Gasteiger partial charge in [0.05, 0.1) is 11.1 Å². The van der Waals surface area contributed by atoms with Crippen LogP contribution < -0.4 is 10.6 Å². The zero-order valence-electron chi connectivity index (χ0n) is 12.7. The molecule has 0 aliphatic carbocycles. The van der Waals surface area contributed by atoms with Gasteiger partial charge < -0.3 is 10.6 Å². The molecule has 0 spiro atoms. The number of aromatic nitrogens is 1. The third-order valence-corrected chi connectivity index (χ3v) is 3.59. The summed E-state index contributed by atoms with van der Waals surface area (Å²) in [5, 5.41) is 7.35. The normalized spacial score (nSPS) is 13.3. The van der Waals surface area contributed by atoms with Gasteiger partial charge >= 0.3 is 6.18 Å². The minimum atomic E-state index is -4.35. The Morgan fingerprint density at radius 1 is 1.18 bits per heavy atom. The van der Waals surface area contributed by atoms with Gasteiger partial charge in [0.25, 0.3) is 0 Å². The topological polar surface area (TPSA) is 37.0 Å². The van der Waals surface area contributed by atoms with Crippen LogP contribution in [0.2, 0.25) is 0 Å². The number of alkyl halides is 3. The SMILES string of the molecule is CCNC(CC)CNc1ccnc2cc(C(F)(F)F)ccc12. The maximum Gasteiger partial charge on any atom is 0.416 e. The van der Waals surface area contributed by atoms with E-state index in [1.54, 1.807) is 6.07 Å². The van der Waals surface area contributed by atoms with Crippen molar-refractivity contribution in [3.63, 3.8) is 0 Å². The smallest absolute Gasteiger partial charge is 0.383 e. The van der Waals surface area contributed by atoms with Crippen molar-refractivity contribution < 1.29 is 13.2 Å². The van der Waals surface area contributed by atoms with Crippen molar-refractivity contribution in [2.45, 2.75) is 32.5 Å². The molecule has 1 unspecified atom stereocenters. The van der Waals surface area contributed by atoms with Gasteiger partial charge in [0.15, 0.2) is 0 Å². The summed E-state index contributed by atoms with van der Waals surface area (Å²) in [6, 6.07) is 5.76. The highest BCUT2D eigenvalue weighted by atomic mass is 19.4. The molecule has 120 valence electrons. The fraction of sp³-hybridized carbons (Fsp3) is 0.438. The highest BCUT2D eigenvalue weighted by Crippen LogP contribution is 2.32. The number of pyridine rings is 1. The van der Waals surface area contributed by atoms with Crippen LogP contribution in [0.25, 0.3) is 10.9 Å². The van der Waals surface area contributed by atoms with Gasteiger partial charge in [-0.05, 0) is 31.2 Å². The molecule has 0 amide bonds. The van der Waals surface area contributed by atoms with Crippen molar-refractivity contribution in [1.29, 1.82) is 0 Å². The molecule has 6 heteroatoms. The summed E-state index contributed by atoms with van der Waals surface area (Å²) in [7, 11) is 0. The molecule has 1 atom stereocenters. The van der Waals surface area contributed by atoms with Gasteiger partial charge in [-0.1, -0.05) is 19.9 Å². The van der Waals surface area contributed by atoms with Crippen molar-refractivity contribution in [3.8, 4) is 0 Å². The van der Waals surface area contributed by atoms with E-state index in [-0.39, 0.29) is 0 Å². The highest BCUT2D eigenvalue weighted by Gasteiger charge is 2.30. The summed E-state index contributed by atoms with van der Waals surface area (Å²) >= 11 is 0. The van der Waals surface area contributed by atoms with E-state index in [0.717, 1.165) is 30.8 Å². The molecule has 2 aromatic rings. The molecule has 0 fully saturated rings. The van der Waals surface area contributed by atoms with Gasteiger partial charge in [-0.25, -0.2) is 0 Å². The van der Waals surface area contributed by atoms with Gasteiger partial charge in [-0.3, -0.25) is 4.98 Å². The summed E-state index contributed by atoms with van der Waals surface area (Å²) in [5.74, 6) is 0. The Bertz CT molecular complexity index is 626. The van der Waals surface area contributed by atoms with Crippen molar-refractivity contribution in [3.05, 3.63) is 36.0 Å². The van der Waals surface area contributed by atoms with Crippen LogP contribution in [-0.4, -0.2) is 24.1 Å². The van der Waals surface area contributed by atoms with Crippen LogP contribution in [0, 0.1) is 0 Å². The van der Waals surface area contributed by atoms with E-state index < -0.39 is 11.7 Å².